The molecular formula is C12H11F2N3O2. The summed E-state index contributed by atoms with van der Waals surface area (Å²) in [5.74, 6) is -0.717. The molecule has 1 N–H and O–H groups in total. The lowest BCUT2D eigenvalue weighted by atomic mass is 10.1. The molecule has 0 spiro atoms. The highest BCUT2D eigenvalue weighted by Gasteiger charge is 2.14. The average Bonchev–Trinajstić information content (AvgIpc) is 2.36. The number of carboxylic acid groups (broad SMARTS) is 1. The first-order valence-electron chi connectivity index (χ1n) is 5.46. The van der Waals surface area contributed by atoms with E-state index in [0.717, 1.165) is 0 Å². The van der Waals surface area contributed by atoms with Crippen LogP contribution in [0.1, 0.15) is 10.4 Å². The van der Waals surface area contributed by atoms with Gasteiger partial charge in [-0.15, -0.1) is 0 Å². The van der Waals surface area contributed by atoms with Crippen LogP contribution in [0.3, 0.4) is 0 Å². The second kappa shape index (κ2) is 5.13. The fourth-order valence-corrected chi connectivity index (χ4v) is 1.77. The number of carboxylic acids is 1. The third kappa shape index (κ3) is 2.75. The van der Waals surface area contributed by atoms with E-state index in [-0.39, 0.29) is 5.56 Å². The van der Waals surface area contributed by atoms with E-state index in [1.807, 2.05) is 0 Å². The van der Waals surface area contributed by atoms with Crippen molar-refractivity contribution in [3.63, 3.8) is 0 Å². The van der Waals surface area contributed by atoms with Crippen molar-refractivity contribution in [1.29, 1.82) is 0 Å². The monoisotopic (exact) mass is 267 g/mol. The number of benzene rings is 1. The molecule has 0 saturated heterocycles. The molecule has 0 aliphatic carbocycles. The maximum Gasteiger partial charge on any atom is 0.335 e. The van der Waals surface area contributed by atoms with Crippen molar-refractivity contribution >= 4 is 22.7 Å². The Bertz CT molecular complexity index is 619. The van der Waals surface area contributed by atoms with Gasteiger partial charge >= 0.3 is 5.97 Å². The zero-order valence-electron chi connectivity index (χ0n) is 10.0. The van der Waals surface area contributed by atoms with Gasteiger partial charge in [0, 0.05) is 12.4 Å². The largest absolute Gasteiger partial charge is 0.478 e. The molecule has 0 amide bonds. The quantitative estimate of drug-likeness (QED) is 0.918. The van der Waals surface area contributed by atoms with Crippen LogP contribution in [0, 0.1) is 0 Å². The number of anilines is 1. The highest BCUT2D eigenvalue weighted by atomic mass is 19.3. The Hall–Kier alpha value is -2.31. The van der Waals surface area contributed by atoms with Crippen LogP contribution in [0.5, 0.6) is 0 Å². The van der Waals surface area contributed by atoms with Gasteiger partial charge in [0.05, 0.1) is 17.6 Å². The van der Waals surface area contributed by atoms with E-state index >= 15 is 0 Å². The van der Waals surface area contributed by atoms with Gasteiger partial charge in [-0.05, 0) is 18.2 Å². The summed E-state index contributed by atoms with van der Waals surface area (Å²) < 4.78 is 24.8. The fourth-order valence-electron chi connectivity index (χ4n) is 1.77. The number of rotatable bonds is 4. The normalized spacial score (nSPS) is 10.9. The van der Waals surface area contributed by atoms with E-state index in [2.05, 4.69) is 9.97 Å². The second-order valence-electron chi connectivity index (χ2n) is 4.01. The minimum atomic E-state index is -2.48. The lowest BCUT2D eigenvalue weighted by molar-refractivity contribution is 0.0697. The van der Waals surface area contributed by atoms with Crippen LogP contribution in [0.2, 0.25) is 0 Å². The summed E-state index contributed by atoms with van der Waals surface area (Å²) in [6.45, 7) is -0.452. The van der Waals surface area contributed by atoms with Gasteiger partial charge in [-0.1, -0.05) is 0 Å². The molecule has 0 unspecified atom stereocenters. The molecule has 2 aromatic rings. The van der Waals surface area contributed by atoms with Gasteiger partial charge in [0.2, 0.25) is 0 Å². The number of aromatic carboxylic acids is 1. The molecule has 100 valence electrons. The Morgan fingerprint density at radius 3 is 2.79 bits per heavy atom. The molecule has 0 aliphatic heterocycles. The highest BCUT2D eigenvalue weighted by Crippen LogP contribution is 2.23. The number of carbonyl (C=O) groups is 1. The SMILES string of the molecule is CN(CC(F)F)c1ncnc2cc(C(=O)O)ccc12. The van der Waals surface area contributed by atoms with Gasteiger partial charge in [-0.25, -0.2) is 23.5 Å². The summed E-state index contributed by atoms with van der Waals surface area (Å²) >= 11 is 0. The number of hydrogen-bond donors (Lipinski definition) is 1. The topological polar surface area (TPSA) is 66.3 Å². The Morgan fingerprint density at radius 2 is 2.16 bits per heavy atom. The molecule has 0 bridgehead atoms. The van der Waals surface area contributed by atoms with Crippen molar-refractivity contribution < 1.29 is 18.7 Å². The standard InChI is InChI=1S/C12H11F2N3O2/c1-17(5-10(13)14)11-8-3-2-7(12(18)19)4-9(8)15-6-16-11/h2-4,6,10H,5H2,1H3,(H,18,19). The molecule has 1 aromatic carbocycles. The molecule has 19 heavy (non-hydrogen) atoms. The molecule has 1 heterocycles. The molecule has 0 saturated carbocycles. The summed E-state index contributed by atoms with van der Waals surface area (Å²) in [5, 5.41) is 9.43. The lowest BCUT2D eigenvalue weighted by Crippen LogP contribution is -2.25. The Morgan fingerprint density at radius 1 is 1.42 bits per heavy atom. The van der Waals surface area contributed by atoms with Gasteiger partial charge in [-0.3, -0.25) is 0 Å². The minimum absolute atomic E-state index is 0.0914. The van der Waals surface area contributed by atoms with Crippen LogP contribution in [0.15, 0.2) is 24.5 Å². The summed E-state index contributed by atoms with van der Waals surface area (Å²) in [7, 11) is 1.50. The van der Waals surface area contributed by atoms with Crippen LogP contribution in [-0.2, 0) is 0 Å². The van der Waals surface area contributed by atoms with Crippen molar-refractivity contribution in [3.05, 3.63) is 30.1 Å². The molecule has 1 aromatic heterocycles. The van der Waals surface area contributed by atoms with Gasteiger partial charge < -0.3 is 10.0 Å². The first-order valence-corrected chi connectivity index (χ1v) is 5.46. The molecule has 0 fully saturated rings. The number of nitrogens with zero attached hydrogens (tertiary/aromatic N) is 3. The van der Waals surface area contributed by atoms with E-state index in [9.17, 15) is 13.6 Å². The highest BCUT2D eigenvalue weighted by molar-refractivity contribution is 5.96. The van der Waals surface area contributed by atoms with Gasteiger partial charge in [0.25, 0.3) is 6.43 Å². The molecule has 0 aliphatic rings. The molecule has 2 rings (SSSR count). The van der Waals surface area contributed by atoms with Gasteiger partial charge in [-0.2, -0.15) is 0 Å². The van der Waals surface area contributed by atoms with Crippen LogP contribution in [0.25, 0.3) is 10.9 Å². The van der Waals surface area contributed by atoms with Crippen LogP contribution in [0.4, 0.5) is 14.6 Å². The molecule has 0 radical (unpaired) electrons. The zero-order chi connectivity index (χ0) is 14.0. The molecule has 7 heteroatoms. The lowest BCUT2D eigenvalue weighted by Gasteiger charge is -2.18. The van der Waals surface area contributed by atoms with E-state index in [1.165, 1.54) is 36.5 Å². The number of halogens is 2. The molecular weight excluding hydrogens is 256 g/mol. The van der Waals surface area contributed by atoms with Crippen molar-refractivity contribution in [2.75, 3.05) is 18.5 Å². The number of fused-ring (bicyclic) bond motifs is 1. The van der Waals surface area contributed by atoms with Gasteiger partial charge in [0.1, 0.15) is 12.1 Å². The van der Waals surface area contributed by atoms with Crippen molar-refractivity contribution in [1.82, 2.24) is 9.97 Å². The van der Waals surface area contributed by atoms with E-state index < -0.39 is 18.9 Å². The third-order valence-electron chi connectivity index (χ3n) is 2.64. The number of hydrogen-bond acceptors (Lipinski definition) is 4. The first-order chi connectivity index (χ1) is 8.99. The van der Waals surface area contributed by atoms with Crippen LogP contribution < -0.4 is 4.90 Å². The first kappa shape index (κ1) is 13.1. The van der Waals surface area contributed by atoms with E-state index in [4.69, 9.17) is 5.11 Å². The summed E-state index contributed by atoms with van der Waals surface area (Å²) in [6.07, 6.45) is -1.25. The fraction of sp³-hybridized carbons (Fsp3) is 0.250. The second-order valence-corrected chi connectivity index (χ2v) is 4.01. The Kier molecular flexibility index (Phi) is 3.55. The maximum absolute atomic E-state index is 12.4. The minimum Gasteiger partial charge on any atom is -0.478 e. The predicted molar refractivity (Wildman–Crippen MR) is 65.8 cm³/mol. The third-order valence-corrected chi connectivity index (χ3v) is 2.64. The number of alkyl halides is 2. The molecule has 5 nitrogen and oxygen atoms in total. The Balaban J connectivity index is 2.49. The maximum atomic E-state index is 12.4. The smallest absolute Gasteiger partial charge is 0.335 e. The van der Waals surface area contributed by atoms with E-state index in [1.54, 1.807) is 0 Å². The van der Waals surface area contributed by atoms with Crippen LogP contribution in [-0.4, -0.2) is 41.1 Å². The number of aromatic nitrogens is 2. The van der Waals surface area contributed by atoms with Crippen molar-refractivity contribution in [2.45, 2.75) is 6.43 Å². The summed E-state index contributed by atoms with van der Waals surface area (Å²) in [6, 6.07) is 4.31. The van der Waals surface area contributed by atoms with Gasteiger partial charge in [0.15, 0.2) is 0 Å². The predicted octanol–water partition coefficient (Wildman–Crippen LogP) is 2.03. The van der Waals surface area contributed by atoms with E-state index in [0.29, 0.717) is 16.7 Å². The van der Waals surface area contributed by atoms with Crippen molar-refractivity contribution in [3.8, 4) is 0 Å². The summed E-state index contributed by atoms with van der Waals surface area (Å²) in [4.78, 5) is 20.1. The Labute approximate surface area is 107 Å². The molecule has 0 atom stereocenters. The van der Waals surface area contributed by atoms with Crippen LogP contribution >= 0.6 is 0 Å². The zero-order valence-corrected chi connectivity index (χ0v) is 10.0. The summed E-state index contributed by atoms with van der Waals surface area (Å²) in [5.41, 5.74) is 0.500. The van der Waals surface area contributed by atoms with Crippen molar-refractivity contribution in [2.24, 2.45) is 0 Å². The average molecular weight is 267 g/mol.